The minimum Gasteiger partial charge on any atom is -0.496 e. The highest BCUT2D eigenvalue weighted by Gasteiger charge is 2.33. The van der Waals surface area contributed by atoms with E-state index >= 15 is 0 Å². The number of halogens is 1. The van der Waals surface area contributed by atoms with Crippen molar-refractivity contribution >= 4 is 26.9 Å². The molecule has 0 radical (unpaired) electrons. The second-order valence-electron chi connectivity index (χ2n) is 9.94. The van der Waals surface area contributed by atoms with E-state index in [9.17, 15) is 9.90 Å². The van der Waals surface area contributed by atoms with Gasteiger partial charge in [-0.25, -0.2) is 0 Å². The monoisotopic (exact) mass is 581 g/mol. The summed E-state index contributed by atoms with van der Waals surface area (Å²) in [7, 11) is 5.08. The van der Waals surface area contributed by atoms with Crippen molar-refractivity contribution < 1.29 is 19.0 Å². The molecule has 0 saturated carbocycles. The minimum absolute atomic E-state index is 0.211. The smallest absolute Gasteiger partial charge is 0.197 e. The van der Waals surface area contributed by atoms with Crippen LogP contribution in [0.5, 0.6) is 11.5 Å². The van der Waals surface area contributed by atoms with Crippen LogP contribution in [0.4, 0.5) is 0 Å². The molecule has 5 rings (SSSR count). The van der Waals surface area contributed by atoms with Crippen LogP contribution in [0.3, 0.4) is 0 Å². The lowest BCUT2D eigenvalue weighted by Gasteiger charge is -2.34. The number of aliphatic hydroxyl groups is 1. The van der Waals surface area contributed by atoms with Gasteiger partial charge in [-0.2, -0.15) is 5.10 Å². The van der Waals surface area contributed by atoms with E-state index in [0.717, 1.165) is 33.5 Å². The molecule has 1 fully saturated rings. The summed E-state index contributed by atoms with van der Waals surface area (Å²) >= 11 is 3.59. The van der Waals surface area contributed by atoms with Gasteiger partial charge >= 0.3 is 0 Å². The molecule has 0 aliphatic carbocycles. The molecule has 2 aromatic carbocycles. The normalized spacial score (nSPS) is 18.2. The first kappa shape index (κ1) is 26.5. The quantitative estimate of drug-likeness (QED) is 0.347. The first-order valence-electron chi connectivity index (χ1n) is 12.6. The van der Waals surface area contributed by atoms with Crippen LogP contribution in [0.15, 0.2) is 50.1 Å². The molecule has 1 N–H and O–H groups in total. The molecule has 9 heteroatoms. The number of hydrogen-bond donors (Lipinski definition) is 1. The summed E-state index contributed by atoms with van der Waals surface area (Å²) < 4.78 is 20.8. The second kappa shape index (κ2) is 10.6. The molecular weight excluding hydrogens is 550 g/mol. The summed E-state index contributed by atoms with van der Waals surface area (Å²) in [6, 6.07) is 11.1. The minimum atomic E-state index is -0.628. The third kappa shape index (κ3) is 4.74. The molecule has 2 atom stereocenters. The van der Waals surface area contributed by atoms with E-state index in [1.807, 2.05) is 49.8 Å². The van der Waals surface area contributed by atoms with E-state index in [-0.39, 0.29) is 11.3 Å². The van der Waals surface area contributed by atoms with Gasteiger partial charge in [0.15, 0.2) is 5.43 Å². The molecule has 1 aliphatic heterocycles. The molecule has 0 bridgehead atoms. The SMILES string of the molecule is COc1cc(OC)c2c(=O)cc(-c3cccc(Cn4nc(C)c(Br)c4C)c3)oc2c1[C@H]1CCN(C)C[C@H]1O. The standard InChI is InChI=1S/C29H32BrN3O5/c1-16-28(30)17(2)33(31-16)14-18-7-6-8-19(11-18)23-12-21(34)27-25(37-5)13-24(36-4)26(29(27)38-23)20-9-10-32(3)15-22(20)35/h6-8,11-13,20,22,35H,9-10,14-15H2,1-5H3/t20-,22+/m0/s1. The van der Waals surface area contributed by atoms with Crippen LogP contribution in [0.25, 0.3) is 22.3 Å². The van der Waals surface area contributed by atoms with Gasteiger partial charge in [-0.15, -0.1) is 0 Å². The van der Waals surface area contributed by atoms with Crippen LogP contribution in [-0.2, 0) is 6.54 Å². The van der Waals surface area contributed by atoms with Gasteiger partial charge in [-0.3, -0.25) is 9.48 Å². The van der Waals surface area contributed by atoms with E-state index < -0.39 is 6.10 Å². The maximum absolute atomic E-state index is 13.5. The average Bonchev–Trinajstić information content (AvgIpc) is 3.14. The number of piperidine rings is 1. The second-order valence-corrected chi connectivity index (χ2v) is 10.7. The topological polar surface area (TPSA) is 90.0 Å². The predicted molar refractivity (Wildman–Crippen MR) is 150 cm³/mol. The Morgan fingerprint density at radius 1 is 1.16 bits per heavy atom. The molecule has 4 aromatic rings. The molecular formula is C29H32BrN3O5. The number of likely N-dealkylation sites (tertiary alicyclic amines) is 1. The average molecular weight is 582 g/mol. The van der Waals surface area contributed by atoms with Crippen LogP contribution in [-0.4, -0.2) is 60.2 Å². The number of nitrogens with zero attached hydrogens (tertiary/aromatic N) is 3. The Morgan fingerprint density at radius 3 is 2.58 bits per heavy atom. The van der Waals surface area contributed by atoms with Gasteiger partial charge in [-0.05, 0) is 61.4 Å². The summed E-state index contributed by atoms with van der Waals surface area (Å²) in [6.07, 6.45) is 0.0773. The van der Waals surface area contributed by atoms with Crippen molar-refractivity contribution in [2.75, 3.05) is 34.4 Å². The number of aromatic nitrogens is 2. The number of rotatable bonds is 6. The van der Waals surface area contributed by atoms with E-state index in [1.165, 1.54) is 13.2 Å². The predicted octanol–water partition coefficient (Wildman–Crippen LogP) is 4.88. The zero-order chi connectivity index (χ0) is 27.1. The number of β-amino-alcohol motifs (C(OH)–C–C–N with tert-alkyl or cyclic N) is 1. The highest BCUT2D eigenvalue weighted by Crippen LogP contribution is 2.43. The molecule has 38 heavy (non-hydrogen) atoms. The summed E-state index contributed by atoms with van der Waals surface area (Å²) in [5, 5.41) is 16.0. The third-order valence-electron chi connectivity index (χ3n) is 7.40. The summed E-state index contributed by atoms with van der Waals surface area (Å²) in [4.78, 5) is 15.6. The van der Waals surface area contributed by atoms with Gasteiger partial charge in [0, 0.05) is 35.7 Å². The molecule has 200 valence electrons. The number of ether oxygens (including phenoxy) is 2. The van der Waals surface area contributed by atoms with Crippen LogP contribution in [0.2, 0.25) is 0 Å². The van der Waals surface area contributed by atoms with Crippen LogP contribution < -0.4 is 14.9 Å². The number of likely N-dealkylation sites (N-methyl/N-ethyl adjacent to an activating group) is 1. The fourth-order valence-corrected chi connectivity index (χ4v) is 5.66. The molecule has 0 amide bonds. The Kier molecular flexibility index (Phi) is 7.35. The Labute approximate surface area is 229 Å². The fourth-order valence-electron chi connectivity index (χ4n) is 5.37. The van der Waals surface area contributed by atoms with Crippen molar-refractivity contribution in [1.82, 2.24) is 14.7 Å². The maximum Gasteiger partial charge on any atom is 0.197 e. The van der Waals surface area contributed by atoms with Gasteiger partial charge in [-0.1, -0.05) is 18.2 Å². The lowest BCUT2D eigenvalue weighted by atomic mass is 9.85. The first-order valence-corrected chi connectivity index (χ1v) is 13.4. The molecule has 1 aliphatic rings. The van der Waals surface area contributed by atoms with Crippen molar-refractivity contribution in [3.8, 4) is 22.8 Å². The van der Waals surface area contributed by atoms with Crippen molar-refractivity contribution in [3.63, 3.8) is 0 Å². The van der Waals surface area contributed by atoms with Crippen molar-refractivity contribution in [3.05, 3.63) is 73.6 Å². The Balaban J connectivity index is 1.65. The number of aliphatic hydroxyl groups excluding tert-OH is 1. The number of aryl methyl sites for hydroxylation is 1. The van der Waals surface area contributed by atoms with Gasteiger partial charge in [0.05, 0.1) is 42.7 Å². The van der Waals surface area contributed by atoms with E-state index in [0.29, 0.717) is 53.3 Å². The van der Waals surface area contributed by atoms with Gasteiger partial charge in [0.2, 0.25) is 0 Å². The highest BCUT2D eigenvalue weighted by molar-refractivity contribution is 9.10. The van der Waals surface area contributed by atoms with Crippen molar-refractivity contribution in [2.45, 2.75) is 38.8 Å². The third-order valence-corrected chi connectivity index (χ3v) is 8.55. The van der Waals surface area contributed by atoms with Crippen molar-refractivity contribution in [2.24, 2.45) is 0 Å². The lowest BCUT2D eigenvalue weighted by molar-refractivity contribution is 0.0630. The van der Waals surface area contributed by atoms with Crippen LogP contribution >= 0.6 is 15.9 Å². The van der Waals surface area contributed by atoms with E-state index in [2.05, 4.69) is 25.9 Å². The van der Waals surface area contributed by atoms with Crippen LogP contribution in [0, 0.1) is 13.8 Å². The number of hydrogen-bond acceptors (Lipinski definition) is 7. The number of methoxy groups -OCH3 is 2. The molecule has 3 heterocycles. The van der Waals surface area contributed by atoms with Gasteiger partial charge in [0.25, 0.3) is 0 Å². The van der Waals surface area contributed by atoms with Gasteiger partial charge < -0.3 is 23.9 Å². The van der Waals surface area contributed by atoms with Gasteiger partial charge in [0.1, 0.15) is 28.2 Å². The molecule has 1 saturated heterocycles. The molecule has 0 unspecified atom stereocenters. The first-order chi connectivity index (χ1) is 18.2. The Bertz CT molecular complexity index is 1560. The van der Waals surface area contributed by atoms with E-state index in [4.69, 9.17) is 13.9 Å². The number of fused-ring (bicyclic) bond motifs is 1. The Morgan fingerprint density at radius 2 is 1.92 bits per heavy atom. The summed E-state index contributed by atoms with van der Waals surface area (Å²) in [5.41, 5.74) is 4.67. The highest BCUT2D eigenvalue weighted by atomic mass is 79.9. The van der Waals surface area contributed by atoms with E-state index in [1.54, 1.807) is 13.2 Å². The summed E-state index contributed by atoms with van der Waals surface area (Å²) in [5.74, 6) is 1.11. The number of benzene rings is 2. The zero-order valence-corrected chi connectivity index (χ0v) is 23.8. The molecule has 8 nitrogen and oxygen atoms in total. The Hall–Kier alpha value is -3.14. The molecule has 0 spiro atoms. The maximum atomic E-state index is 13.5. The van der Waals surface area contributed by atoms with Crippen molar-refractivity contribution in [1.29, 1.82) is 0 Å². The lowest BCUT2D eigenvalue weighted by Crippen LogP contribution is -2.40. The largest absolute Gasteiger partial charge is 0.496 e. The van der Waals surface area contributed by atoms with Crippen LogP contribution in [0.1, 0.15) is 34.9 Å². The fraction of sp³-hybridized carbons (Fsp3) is 0.379. The summed E-state index contributed by atoms with van der Waals surface area (Å²) in [6.45, 7) is 5.91. The molecule has 2 aromatic heterocycles. The zero-order valence-electron chi connectivity index (χ0n) is 22.2.